The third kappa shape index (κ3) is 2.30. The van der Waals surface area contributed by atoms with Gasteiger partial charge in [0.05, 0.1) is 6.26 Å². The third-order valence-electron chi connectivity index (χ3n) is 3.01. The minimum atomic E-state index is 0.356. The lowest BCUT2D eigenvalue weighted by Gasteiger charge is -2.08. The number of nitrogens with two attached hydrogens (primary N) is 1. The van der Waals surface area contributed by atoms with E-state index in [0.29, 0.717) is 13.2 Å². The topological polar surface area (TPSA) is 61.3 Å². The Bertz CT molecular complexity index is 686. The molecule has 0 spiro atoms. The number of hydrogen-bond donors (Lipinski definition) is 1. The standard InChI is InChI=1S/C15H14N2O2/c16-9-12-6-8-18-14(12)10-19-13-5-1-3-11-4-2-7-17-15(11)13/h1-8H,9-10,16H2. The Morgan fingerprint density at radius 3 is 2.95 bits per heavy atom. The number of aromatic nitrogens is 1. The molecule has 0 saturated heterocycles. The van der Waals surface area contributed by atoms with Crippen LogP contribution < -0.4 is 10.5 Å². The maximum absolute atomic E-state index is 5.79. The number of ether oxygens (including phenoxy) is 1. The van der Waals surface area contributed by atoms with Crippen LogP contribution in [0, 0.1) is 0 Å². The van der Waals surface area contributed by atoms with Gasteiger partial charge in [0.1, 0.15) is 23.6 Å². The first kappa shape index (κ1) is 11.7. The summed E-state index contributed by atoms with van der Waals surface area (Å²) in [5, 5.41) is 1.05. The fourth-order valence-corrected chi connectivity index (χ4v) is 2.01. The number of hydrogen-bond acceptors (Lipinski definition) is 4. The molecule has 0 amide bonds. The Hall–Kier alpha value is -2.33. The number of benzene rings is 1. The molecule has 0 bridgehead atoms. The zero-order chi connectivity index (χ0) is 13.1. The summed E-state index contributed by atoms with van der Waals surface area (Å²) in [7, 11) is 0. The first-order valence-corrected chi connectivity index (χ1v) is 6.10. The van der Waals surface area contributed by atoms with Gasteiger partial charge in [0, 0.05) is 23.7 Å². The van der Waals surface area contributed by atoms with E-state index in [1.807, 2.05) is 36.4 Å². The van der Waals surface area contributed by atoms with E-state index in [1.54, 1.807) is 12.5 Å². The van der Waals surface area contributed by atoms with Crippen LogP contribution in [0.4, 0.5) is 0 Å². The third-order valence-corrected chi connectivity index (χ3v) is 3.01. The highest BCUT2D eigenvalue weighted by Gasteiger charge is 2.07. The maximum atomic E-state index is 5.79. The highest BCUT2D eigenvalue weighted by molar-refractivity contribution is 5.84. The van der Waals surface area contributed by atoms with Crippen LogP contribution in [-0.4, -0.2) is 4.98 Å². The Morgan fingerprint density at radius 1 is 1.16 bits per heavy atom. The molecule has 3 aromatic rings. The molecule has 0 fully saturated rings. The minimum Gasteiger partial charge on any atom is -0.483 e. The van der Waals surface area contributed by atoms with Crippen LogP contribution in [0.15, 0.2) is 53.3 Å². The Balaban J connectivity index is 1.86. The van der Waals surface area contributed by atoms with Crippen molar-refractivity contribution in [2.45, 2.75) is 13.2 Å². The van der Waals surface area contributed by atoms with Gasteiger partial charge in [-0.3, -0.25) is 4.98 Å². The molecule has 0 aliphatic carbocycles. The summed E-state index contributed by atoms with van der Waals surface area (Å²) in [6.07, 6.45) is 3.38. The van der Waals surface area contributed by atoms with Crippen molar-refractivity contribution in [3.05, 3.63) is 60.2 Å². The van der Waals surface area contributed by atoms with Crippen molar-refractivity contribution in [3.63, 3.8) is 0 Å². The maximum Gasteiger partial charge on any atom is 0.146 e. The summed E-state index contributed by atoms with van der Waals surface area (Å²) in [5.41, 5.74) is 7.45. The lowest BCUT2D eigenvalue weighted by molar-refractivity contribution is 0.271. The van der Waals surface area contributed by atoms with E-state index < -0.39 is 0 Å². The summed E-state index contributed by atoms with van der Waals surface area (Å²) in [6.45, 7) is 0.804. The van der Waals surface area contributed by atoms with Crippen LogP contribution in [0.1, 0.15) is 11.3 Å². The molecule has 0 aliphatic heterocycles. The first-order valence-electron chi connectivity index (χ1n) is 6.10. The van der Waals surface area contributed by atoms with Gasteiger partial charge < -0.3 is 14.9 Å². The molecule has 0 radical (unpaired) electrons. The van der Waals surface area contributed by atoms with Crippen LogP contribution >= 0.6 is 0 Å². The average Bonchev–Trinajstić information content (AvgIpc) is 2.92. The van der Waals surface area contributed by atoms with Crippen molar-refractivity contribution < 1.29 is 9.15 Å². The molecular formula is C15H14N2O2. The van der Waals surface area contributed by atoms with Gasteiger partial charge in [-0.2, -0.15) is 0 Å². The monoisotopic (exact) mass is 254 g/mol. The quantitative estimate of drug-likeness (QED) is 0.777. The van der Waals surface area contributed by atoms with Gasteiger partial charge in [-0.1, -0.05) is 18.2 Å². The van der Waals surface area contributed by atoms with Gasteiger partial charge >= 0.3 is 0 Å². The van der Waals surface area contributed by atoms with Crippen molar-refractivity contribution in [2.75, 3.05) is 0 Å². The Morgan fingerprint density at radius 2 is 2.05 bits per heavy atom. The first-order chi connectivity index (χ1) is 9.38. The van der Waals surface area contributed by atoms with Crippen LogP contribution in [-0.2, 0) is 13.2 Å². The summed E-state index contributed by atoms with van der Waals surface area (Å²) in [6, 6.07) is 11.6. The molecule has 2 aromatic heterocycles. The number of fused-ring (bicyclic) bond motifs is 1. The summed E-state index contributed by atoms with van der Waals surface area (Å²) >= 11 is 0. The van der Waals surface area contributed by atoms with E-state index in [1.165, 1.54) is 0 Å². The van der Waals surface area contributed by atoms with Crippen LogP contribution in [0.5, 0.6) is 5.75 Å². The van der Waals surface area contributed by atoms with Crippen molar-refractivity contribution in [3.8, 4) is 5.75 Å². The van der Waals surface area contributed by atoms with Crippen molar-refractivity contribution in [1.29, 1.82) is 0 Å². The van der Waals surface area contributed by atoms with E-state index in [4.69, 9.17) is 14.9 Å². The molecular weight excluding hydrogens is 240 g/mol. The molecule has 2 heterocycles. The second kappa shape index (κ2) is 5.12. The number of rotatable bonds is 4. The van der Waals surface area contributed by atoms with Gasteiger partial charge in [-0.15, -0.1) is 0 Å². The second-order valence-corrected chi connectivity index (χ2v) is 4.19. The van der Waals surface area contributed by atoms with E-state index in [2.05, 4.69) is 4.98 Å². The zero-order valence-electron chi connectivity index (χ0n) is 10.4. The van der Waals surface area contributed by atoms with E-state index in [9.17, 15) is 0 Å². The van der Waals surface area contributed by atoms with Crippen molar-refractivity contribution in [1.82, 2.24) is 4.98 Å². The van der Waals surface area contributed by atoms with E-state index >= 15 is 0 Å². The molecule has 0 unspecified atom stereocenters. The average molecular weight is 254 g/mol. The molecule has 4 nitrogen and oxygen atoms in total. The van der Waals surface area contributed by atoms with Gasteiger partial charge in [0.2, 0.25) is 0 Å². The van der Waals surface area contributed by atoms with Crippen LogP contribution in [0.3, 0.4) is 0 Å². The Labute approximate surface area is 110 Å². The fraction of sp³-hybridized carbons (Fsp3) is 0.133. The fourth-order valence-electron chi connectivity index (χ4n) is 2.01. The van der Waals surface area contributed by atoms with E-state index in [-0.39, 0.29) is 0 Å². The highest BCUT2D eigenvalue weighted by Crippen LogP contribution is 2.24. The molecule has 0 saturated carbocycles. The number of pyridine rings is 1. The predicted molar refractivity (Wildman–Crippen MR) is 72.7 cm³/mol. The normalized spacial score (nSPS) is 10.8. The molecule has 2 N–H and O–H groups in total. The largest absolute Gasteiger partial charge is 0.483 e. The summed E-state index contributed by atoms with van der Waals surface area (Å²) in [4.78, 5) is 4.34. The van der Waals surface area contributed by atoms with Crippen molar-refractivity contribution >= 4 is 10.9 Å². The summed E-state index contributed by atoms with van der Waals surface area (Å²) < 4.78 is 11.2. The second-order valence-electron chi connectivity index (χ2n) is 4.19. The number of nitrogens with zero attached hydrogens (tertiary/aromatic N) is 1. The van der Waals surface area contributed by atoms with Crippen LogP contribution in [0.2, 0.25) is 0 Å². The molecule has 19 heavy (non-hydrogen) atoms. The number of furan rings is 1. The number of para-hydroxylation sites is 1. The lowest BCUT2D eigenvalue weighted by Crippen LogP contribution is -2.02. The highest BCUT2D eigenvalue weighted by atomic mass is 16.5. The lowest BCUT2D eigenvalue weighted by atomic mass is 10.2. The predicted octanol–water partition coefficient (Wildman–Crippen LogP) is 2.87. The van der Waals surface area contributed by atoms with Gasteiger partial charge in [-0.05, 0) is 18.2 Å². The molecule has 96 valence electrons. The van der Waals surface area contributed by atoms with Crippen LogP contribution in [0.25, 0.3) is 10.9 Å². The Kier molecular flexibility index (Phi) is 3.16. The zero-order valence-corrected chi connectivity index (χ0v) is 10.4. The molecule has 0 atom stereocenters. The molecule has 1 aromatic carbocycles. The van der Waals surface area contributed by atoms with Gasteiger partial charge in [0.25, 0.3) is 0 Å². The van der Waals surface area contributed by atoms with Crippen molar-refractivity contribution in [2.24, 2.45) is 5.73 Å². The van der Waals surface area contributed by atoms with E-state index in [0.717, 1.165) is 28.0 Å². The molecule has 0 aliphatic rings. The van der Waals surface area contributed by atoms with Gasteiger partial charge in [-0.25, -0.2) is 0 Å². The van der Waals surface area contributed by atoms with Gasteiger partial charge in [0.15, 0.2) is 0 Å². The molecule has 4 heteroatoms. The minimum absolute atomic E-state index is 0.356. The SMILES string of the molecule is NCc1ccoc1COc1cccc2cccnc12. The summed E-state index contributed by atoms with van der Waals surface area (Å²) in [5.74, 6) is 1.51. The molecule has 3 rings (SSSR count). The smallest absolute Gasteiger partial charge is 0.146 e.